The average Bonchev–Trinajstić information content (AvgIpc) is 2.67. The van der Waals surface area contributed by atoms with Crippen LogP contribution in [-0.2, 0) is 24.5 Å². The Hall–Kier alpha value is -2.55. The first-order chi connectivity index (χ1) is 13.0. The van der Waals surface area contributed by atoms with Crippen molar-refractivity contribution in [3.05, 3.63) is 29.8 Å². The molecule has 0 amide bonds. The number of carbonyl (C=O) groups is 2. The molecular weight excluding hydrogens is 346 g/mol. The van der Waals surface area contributed by atoms with Crippen molar-refractivity contribution in [2.45, 2.75) is 57.8 Å². The summed E-state index contributed by atoms with van der Waals surface area (Å²) in [6.45, 7) is 4.59. The molecule has 0 atom stereocenters. The van der Waals surface area contributed by atoms with Crippen molar-refractivity contribution in [1.29, 1.82) is 5.26 Å². The standard InChI is InChI=1S/C21H29NO5/c1-4-6-11-26-19(23)14-21(16-22,15-20(24)27-12-7-5-2)17-9-8-10-18(13-17)25-3/h8-10,13H,4-7,11-12,14-15H2,1-3H3. The second kappa shape index (κ2) is 11.9. The van der Waals surface area contributed by atoms with Gasteiger partial charge in [-0.3, -0.25) is 9.59 Å². The van der Waals surface area contributed by atoms with E-state index in [0.717, 1.165) is 25.7 Å². The van der Waals surface area contributed by atoms with Crippen LogP contribution in [0.15, 0.2) is 24.3 Å². The van der Waals surface area contributed by atoms with Gasteiger partial charge in [0.15, 0.2) is 0 Å². The molecule has 0 aliphatic rings. The summed E-state index contributed by atoms with van der Waals surface area (Å²) in [6, 6.07) is 9.02. The highest BCUT2D eigenvalue weighted by Crippen LogP contribution is 2.34. The van der Waals surface area contributed by atoms with Gasteiger partial charge in [-0.1, -0.05) is 38.8 Å². The van der Waals surface area contributed by atoms with Crippen LogP contribution in [0.4, 0.5) is 0 Å². The third kappa shape index (κ3) is 7.30. The first kappa shape index (κ1) is 22.5. The summed E-state index contributed by atoms with van der Waals surface area (Å²) >= 11 is 0. The smallest absolute Gasteiger partial charge is 0.307 e. The molecule has 0 bridgehead atoms. The lowest BCUT2D eigenvalue weighted by Crippen LogP contribution is -2.32. The van der Waals surface area contributed by atoms with Crippen molar-refractivity contribution in [2.75, 3.05) is 20.3 Å². The summed E-state index contributed by atoms with van der Waals surface area (Å²) in [5, 5.41) is 9.93. The van der Waals surface area contributed by atoms with Crippen molar-refractivity contribution in [3.8, 4) is 11.8 Å². The number of unbranched alkanes of at least 4 members (excludes halogenated alkanes) is 2. The molecule has 0 fully saturated rings. The summed E-state index contributed by atoms with van der Waals surface area (Å²) in [7, 11) is 1.52. The number of hydrogen-bond acceptors (Lipinski definition) is 6. The third-order valence-electron chi connectivity index (χ3n) is 4.25. The Labute approximate surface area is 161 Å². The zero-order valence-corrected chi connectivity index (χ0v) is 16.5. The van der Waals surface area contributed by atoms with Crippen molar-refractivity contribution in [2.24, 2.45) is 0 Å². The molecule has 1 aromatic carbocycles. The van der Waals surface area contributed by atoms with Gasteiger partial charge in [0.1, 0.15) is 11.2 Å². The van der Waals surface area contributed by atoms with E-state index in [4.69, 9.17) is 14.2 Å². The topological polar surface area (TPSA) is 85.6 Å². The van der Waals surface area contributed by atoms with Gasteiger partial charge < -0.3 is 14.2 Å². The third-order valence-corrected chi connectivity index (χ3v) is 4.25. The zero-order valence-electron chi connectivity index (χ0n) is 16.5. The molecule has 0 saturated carbocycles. The van der Waals surface area contributed by atoms with Crippen LogP contribution >= 0.6 is 0 Å². The molecule has 1 aromatic rings. The van der Waals surface area contributed by atoms with Crippen LogP contribution in [-0.4, -0.2) is 32.3 Å². The number of nitrogens with zero attached hydrogens (tertiary/aromatic N) is 1. The first-order valence-electron chi connectivity index (χ1n) is 9.38. The minimum absolute atomic E-state index is 0.219. The summed E-state index contributed by atoms with van der Waals surface area (Å²) < 4.78 is 15.7. The second-order valence-corrected chi connectivity index (χ2v) is 6.43. The van der Waals surface area contributed by atoms with Crippen molar-refractivity contribution < 1.29 is 23.8 Å². The monoisotopic (exact) mass is 375 g/mol. The van der Waals surface area contributed by atoms with E-state index in [1.807, 2.05) is 13.8 Å². The number of ether oxygens (including phenoxy) is 3. The molecule has 0 aromatic heterocycles. The van der Waals surface area contributed by atoms with Gasteiger partial charge in [-0.2, -0.15) is 5.26 Å². The van der Waals surface area contributed by atoms with Crippen LogP contribution < -0.4 is 4.74 Å². The summed E-state index contributed by atoms with van der Waals surface area (Å²) in [5.41, 5.74) is -0.828. The van der Waals surface area contributed by atoms with Gasteiger partial charge in [-0.05, 0) is 30.5 Å². The molecule has 0 unspecified atom stereocenters. The number of hydrogen-bond donors (Lipinski definition) is 0. The van der Waals surface area contributed by atoms with E-state index >= 15 is 0 Å². The van der Waals surface area contributed by atoms with Crippen LogP contribution in [0.25, 0.3) is 0 Å². The molecule has 6 heteroatoms. The molecule has 1 rings (SSSR count). The highest BCUT2D eigenvalue weighted by Gasteiger charge is 2.39. The highest BCUT2D eigenvalue weighted by atomic mass is 16.5. The fraction of sp³-hybridized carbons (Fsp3) is 0.571. The zero-order chi connectivity index (χ0) is 20.1. The van der Waals surface area contributed by atoms with Crippen LogP contribution in [0.1, 0.15) is 57.9 Å². The molecule has 0 saturated heterocycles. The van der Waals surface area contributed by atoms with E-state index < -0.39 is 17.4 Å². The van der Waals surface area contributed by atoms with E-state index in [-0.39, 0.29) is 12.8 Å². The summed E-state index contributed by atoms with van der Waals surface area (Å²) in [5.74, 6) is -0.464. The average molecular weight is 375 g/mol. The van der Waals surface area contributed by atoms with Crippen LogP contribution in [0, 0.1) is 11.3 Å². The normalized spacial score (nSPS) is 10.7. The molecule has 27 heavy (non-hydrogen) atoms. The molecule has 6 nitrogen and oxygen atoms in total. The van der Waals surface area contributed by atoms with E-state index in [0.29, 0.717) is 24.5 Å². The van der Waals surface area contributed by atoms with Crippen molar-refractivity contribution in [1.82, 2.24) is 0 Å². The fourth-order valence-corrected chi connectivity index (χ4v) is 2.59. The van der Waals surface area contributed by atoms with Crippen LogP contribution in [0.3, 0.4) is 0 Å². The van der Waals surface area contributed by atoms with Gasteiger partial charge in [0, 0.05) is 0 Å². The van der Waals surface area contributed by atoms with E-state index in [9.17, 15) is 14.9 Å². The maximum atomic E-state index is 12.3. The quantitative estimate of drug-likeness (QED) is 0.406. The molecule has 148 valence electrons. The molecule has 0 radical (unpaired) electrons. The van der Waals surface area contributed by atoms with E-state index in [1.165, 1.54) is 7.11 Å². The number of rotatable bonds is 12. The fourth-order valence-electron chi connectivity index (χ4n) is 2.59. The molecule has 0 N–H and O–H groups in total. The van der Waals surface area contributed by atoms with Gasteiger partial charge in [0.2, 0.25) is 0 Å². The van der Waals surface area contributed by atoms with E-state index in [1.54, 1.807) is 24.3 Å². The Kier molecular flexibility index (Phi) is 9.95. The predicted octanol–water partition coefficient (Wildman–Crippen LogP) is 3.92. The Morgan fingerprint density at radius 1 is 1.04 bits per heavy atom. The summed E-state index contributed by atoms with van der Waals surface area (Å²) in [4.78, 5) is 24.6. The Balaban J connectivity index is 3.06. The minimum Gasteiger partial charge on any atom is -0.497 e. The van der Waals surface area contributed by atoms with Crippen molar-refractivity contribution in [3.63, 3.8) is 0 Å². The second-order valence-electron chi connectivity index (χ2n) is 6.43. The molecule has 0 aliphatic heterocycles. The predicted molar refractivity (Wildman–Crippen MR) is 101 cm³/mol. The number of carbonyl (C=O) groups excluding carboxylic acids is 2. The lowest BCUT2D eigenvalue weighted by molar-refractivity contribution is -0.147. The van der Waals surface area contributed by atoms with Crippen LogP contribution in [0.2, 0.25) is 0 Å². The molecular formula is C21H29NO5. The van der Waals surface area contributed by atoms with Gasteiger partial charge in [0.05, 0.1) is 39.2 Å². The lowest BCUT2D eigenvalue weighted by atomic mass is 9.76. The maximum Gasteiger partial charge on any atom is 0.307 e. The largest absolute Gasteiger partial charge is 0.497 e. The van der Waals surface area contributed by atoms with Crippen molar-refractivity contribution >= 4 is 11.9 Å². The lowest BCUT2D eigenvalue weighted by Gasteiger charge is -2.26. The van der Waals surface area contributed by atoms with Gasteiger partial charge in [-0.15, -0.1) is 0 Å². The van der Waals surface area contributed by atoms with E-state index in [2.05, 4.69) is 6.07 Å². The highest BCUT2D eigenvalue weighted by molar-refractivity contribution is 5.77. The maximum absolute atomic E-state index is 12.3. The van der Waals surface area contributed by atoms with Gasteiger partial charge in [-0.25, -0.2) is 0 Å². The molecule has 0 heterocycles. The molecule has 0 aliphatic carbocycles. The number of nitriles is 1. The number of benzene rings is 1. The number of methoxy groups -OCH3 is 1. The number of esters is 2. The Morgan fingerprint density at radius 2 is 1.59 bits per heavy atom. The van der Waals surface area contributed by atoms with Crippen LogP contribution in [0.5, 0.6) is 5.75 Å². The first-order valence-corrected chi connectivity index (χ1v) is 9.38. The summed E-state index contributed by atoms with van der Waals surface area (Å²) in [6.07, 6.45) is 2.87. The SMILES string of the molecule is CCCCOC(=O)CC(C#N)(CC(=O)OCCCC)c1cccc(OC)c1. The Morgan fingerprint density at radius 3 is 2.04 bits per heavy atom. The Bertz CT molecular complexity index is 626. The minimum atomic E-state index is -1.36. The van der Waals surface area contributed by atoms with Gasteiger partial charge in [0.25, 0.3) is 0 Å². The molecule has 0 spiro atoms. The van der Waals surface area contributed by atoms with Gasteiger partial charge >= 0.3 is 11.9 Å².